The Morgan fingerprint density at radius 2 is 2.24 bits per heavy atom. The van der Waals surface area contributed by atoms with Crippen molar-refractivity contribution < 1.29 is 9.36 Å². The zero-order chi connectivity index (χ0) is 14.8. The Morgan fingerprint density at radius 3 is 3.00 bits per heavy atom. The average molecular weight is 317 g/mol. The predicted molar refractivity (Wildman–Crippen MR) is 90.0 cm³/mol. The molecule has 0 aliphatic carbocycles. The van der Waals surface area contributed by atoms with Gasteiger partial charge in [-0.15, -0.1) is 6.58 Å². The van der Waals surface area contributed by atoms with Gasteiger partial charge in [-0.05, 0) is 13.0 Å². The highest BCUT2D eigenvalue weighted by Gasteiger charge is 2.27. The zero-order valence-electron chi connectivity index (χ0n) is 11.9. The number of thiazole rings is 1. The fourth-order valence-electron chi connectivity index (χ4n) is 2.45. The van der Waals surface area contributed by atoms with Crippen LogP contribution >= 0.6 is 23.1 Å². The van der Waals surface area contributed by atoms with Crippen LogP contribution in [0.1, 0.15) is 11.9 Å². The number of hydrogen-bond donors (Lipinski definition) is 0. The summed E-state index contributed by atoms with van der Waals surface area (Å²) in [6, 6.07) is 8.41. The molecule has 0 N–H and O–H groups in total. The molecule has 21 heavy (non-hydrogen) atoms. The minimum atomic E-state index is 0.162. The van der Waals surface area contributed by atoms with Crippen molar-refractivity contribution in [2.75, 3.05) is 12.3 Å². The molecule has 0 spiro atoms. The van der Waals surface area contributed by atoms with Crippen molar-refractivity contribution in [3.8, 4) is 0 Å². The van der Waals surface area contributed by atoms with Crippen molar-refractivity contribution in [3.63, 3.8) is 0 Å². The highest BCUT2D eigenvalue weighted by atomic mass is 32.2. The Labute approximate surface area is 132 Å². The summed E-state index contributed by atoms with van der Waals surface area (Å²) >= 11 is 3.37. The van der Waals surface area contributed by atoms with Gasteiger partial charge in [-0.2, -0.15) is 4.57 Å². The molecule has 1 aromatic heterocycles. The normalized spacial score (nSPS) is 17.1. The maximum Gasteiger partial charge on any atom is 0.265 e. The Kier molecular flexibility index (Phi) is 4.12. The van der Waals surface area contributed by atoms with E-state index in [1.54, 1.807) is 29.2 Å². The third-order valence-corrected chi connectivity index (χ3v) is 5.56. The Balaban J connectivity index is 2.06. The van der Waals surface area contributed by atoms with Gasteiger partial charge in [0.1, 0.15) is 11.2 Å². The van der Waals surface area contributed by atoms with Crippen LogP contribution in [0.2, 0.25) is 0 Å². The summed E-state index contributed by atoms with van der Waals surface area (Å²) in [5.41, 5.74) is 1.25. The molecule has 0 atom stereocenters. The molecule has 1 fully saturated rings. The van der Waals surface area contributed by atoms with Crippen LogP contribution < -0.4 is 4.57 Å². The number of hydrogen-bond acceptors (Lipinski definition) is 3. The molecule has 0 radical (unpaired) electrons. The van der Waals surface area contributed by atoms with Gasteiger partial charge in [-0.3, -0.25) is 4.79 Å². The van der Waals surface area contributed by atoms with Gasteiger partial charge < -0.3 is 4.90 Å². The van der Waals surface area contributed by atoms with E-state index in [0.717, 1.165) is 11.6 Å². The number of carbonyl (C=O) groups is 1. The fourth-order valence-corrected chi connectivity index (χ4v) is 4.64. The first kappa shape index (κ1) is 14.4. The summed E-state index contributed by atoms with van der Waals surface area (Å²) in [7, 11) is 0. The largest absolute Gasteiger partial charge is 0.302 e. The third kappa shape index (κ3) is 2.63. The van der Waals surface area contributed by atoms with Gasteiger partial charge in [0.05, 0.1) is 16.9 Å². The van der Waals surface area contributed by atoms with Crippen molar-refractivity contribution in [1.82, 2.24) is 4.90 Å². The number of nitrogens with zero attached hydrogens (tertiary/aromatic N) is 2. The minimum Gasteiger partial charge on any atom is -0.302 e. The topological polar surface area (TPSA) is 24.2 Å². The van der Waals surface area contributed by atoms with Gasteiger partial charge in [0, 0.05) is 12.6 Å². The van der Waals surface area contributed by atoms with Crippen LogP contribution in [0.3, 0.4) is 0 Å². The van der Waals surface area contributed by atoms with Crippen LogP contribution in [0.25, 0.3) is 16.3 Å². The van der Waals surface area contributed by atoms with E-state index < -0.39 is 0 Å². The summed E-state index contributed by atoms with van der Waals surface area (Å²) in [5, 5.41) is 2.21. The lowest BCUT2D eigenvalue weighted by Crippen LogP contribution is -2.33. The lowest BCUT2D eigenvalue weighted by molar-refractivity contribution is -0.665. The van der Waals surface area contributed by atoms with Crippen molar-refractivity contribution >= 4 is 45.3 Å². The van der Waals surface area contributed by atoms with Gasteiger partial charge >= 0.3 is 0 Å². The number of fused-ring (bicyclic) bond motifs is 1. The summed E-state index contributed by atoms with van der Waals surface area (Å²) < 4.78 is 3.57. The SMILES string of the molecule is C=CCN1C(=O)CS/C1=C/c1sc2ccccc2[n+]1CC. The van der Waals surface area contributed by atoms with Gasteiger partial charge in [-0.1, -0.05) is 41.3 Å². The standard InChI is InChI=1S/C16H17N2OS2/c1-3-9-18-14(19)11-20-15(18)10-16-17(4-2)12-7-5-6-8-13(12)21-16/h3,5-8,10H,1,4,9,11H2,2H3/q+1. The first-order chi connectivity index (χ1) is 10.2. The highest BCUT2D eigenvalue weighted by molar-refractivity contribution is 8.04. The van der Waals surface area contributed by atoms with E-state index in [0.29, 0.717) is 12.3 Å². The van der Waals surface area contributed by atoms with E-state index in [4.69, 9.17) is 0 Å². The first-order valence-electron chi connectivity index (χ1n) is 6.91. The molecular formula is C16H17N2OS2+. The molecule has 1 amide bonds. The van der Waals surface area contributed by atoms with E-state index in [-0.39, 0.29) is 5.91 Å². The van der Waals surface area contributed by atoms with E-state index in [1.165, 1.54) is 15.2 Å². The molecular weight excluding hydrogens is 300 g/mol. The molecule has 0 unspecified atom stereocenters. The molecule has 1 aromatic carbocycles. The second-order valence-electron chi connectivity index (χ2n) is 4.72. The molecule has 2 heterocycles. The summed E-state index contributed by atoms with van der Waals surface area (Å²) in [6.07, 6.45) is 3.91. The van der Waals surface area contributed by atoms with Crippen molar-refractivity contribution in [1.29, 1.82) is 0 Å². The van der Waals surface area contributed by atoms with Crippen molar-refractivity contribution in [3.05, 3.63) is 47.0 Å². The van der Waals surface area contributed by atoms with Gasteiger partial charge in [0.15, 0.2) is 0 Å². The second-order valence-corrected chi connectivity index (χ2v) is 6.77. The maximum atomic E-state index is 11.9. The number of thioether (sulfide) groups is 1. The number of amides is 1. The molecule has 0 saturated carbocycles. The number of para-hydroxylation sites is 1. The van der Waals surface area contributed by atoms with Crippen molar-refractivity contribution in [2.24, 2.45) is 0 Å². The number of carbonyl (C=O) groups excluding carboxylic acids is 1. The van der Waals surface area contributed by atoms with Gasteiger partial charge in [-0.25, -0.2) is 0 Å². The number of aryl methyl sites for hydroxylation is 1. The number of aromatic nitrogens is 1. The zero-order valence-corrected chi connectivity index (χ0v) is 13.5. The molecule has 1 aliphatic rings. The molecule has 3 nitrogen and oxygen atoms in total. The third-order valence-electron chi connectivity index (χ3n) is 3.42. The van der Waals surface area contributed by atoms with E-state index in [2.05, 4.69) is 48.4 Å². The molecule has 2 aromatic rings. The lowest BCUT2D eigenvalue weighted by Gasteiger charge is -2.13. The Morgan fingerprint density at radius 1 is 1.43 bits per heavy atom. The summed E-state index contributed by atoms with van der Waals surface area (Å²) in [4.78, 5) is 13.7. The molecule has 1 aliphatic heterocycles. The molecule has 108 valence electrons. The van der Waals surface area contributed by atoms with Crippen LogP contribution in [-0.4, -0.2) is 23.1 Å². The van der Waals surface area contributed by atoms with Crippen molar-refractivity contribution in [2.45, 2.75) is 13.5 Å². The molecule has 5 heteroatoms. The van der Waals surface area contributed by atoms with E-state index >= 15 is 0 Å². The Hall–Kier alpha value is -1.59. The molecule has 3 rings (SSSR count). The first-order valence-corrected chi connectivity index (χ1v) is 8.72. The van der Waals surface area contributed by atoms with Crippen LogP contribution in [-0.2, 0) is 11.3 Å². The van der Waals surface area contributed by atoms with Crippen LogP contribution in [0.5, 0.6) is 0 Å². The second kappa shape index (κ2) is 6.03. The predicted octanol–water partition coefficient (Wildman–Crippen LogP) is 3.27. The monoisotopic (exact) mass is 317 g/mol. The van der Waals surface area contributed by atoms with Crippen LogP contribution in [0.4, 0.5) is 0 Å². The van der Waals surface area contributed by atoms with Crippen LogP contribution in [0.15, 0.2) is 41.9 Å². The average Bonchev–Trinajstić information content (AvgIpc) is 3.02. The minimum absolute atomic E-state index is 0.162. The quantitative estimate of drug-likeness (QED) is 0.638. The van der Waals surface area contributed by atoms with E-state index in [1.807, 2.05) is 4.90 Å². The number of benzene rings is 1. The number of rotatable bonds is 4. The Bertz CT molecular complexity index is 733. The van der Waals surface area contributed by atoms with E-state index in [9.17, 15) is 4.79 Å². The molecule has 1 saturated heterocycles. The lowest BCUT2D eigenvalue weighted by atomic mass is 10.3. The molecule has 0 bridgehead atoms. The van der Waals surface area contributed by atoms with Gasteiger partial charge in [0.25, 0.3) is 5.01 Å². The smallest absolute Gasteiger partial charge is 0.265 e. The highest BCUT2D eigenvalue weighted by Crippen LogP contribution is 2.32. The summed E-state index contributed by atoms with van der Waals surface area (Å²) in [5.74, 6) is 0.687. The van der Waals surface area contributed by atoms with Gasteiger partial charge in [0.2, 0.25) is 11.4 Å². The fraction of sp³-hybridized carbons (Fsp3) is 0.250. The summed E-state index contributed by atoms with van der Waals surface area (Å²) in [6.45, 7) is 7.38. The van der Waals surface area contributed by atoms with Crippen LogP contribution in [0, 0.1) is 0 Å². The maximum absolute atomic E-state index is 11.9.